The Morgan fingerprint density at radius 1 is 1.12 bits per heavy atom. The van der Waals surface area contributed by atoms with Crippen LogP contribution in [0.2, 0.25) is 5.02 Å². The molecule has 1 heterocycles. The van der Waals surface area contributed by atoms with Gasteiger partial charge in [-0.25, -0.2) is 13.4 Å². The number of hydrogen-bond acceptors (Lipinski definition) is 4. The molecule has 0 fully saturated rings. The normalized spacial score (nSPS) is 13.1. The minimum Gasteiger partial charge on any atom is -0.344 e. The molecular formula is C21H19ClF3N3O3S. The molecule has 0 radical (unpaired) electrons. The van der Waals surface area contributed by atoms with E-state index >= 15 is 0 Å². The van der Waals surface area contributed by atoms with Crippen molar-refractivity contribution in [1.82, 2.24) is 10.3 Å². The third-order valence-electron chi connectivity index (χ3n) is 4.70. The second-order valence-electron chi connectivity index (χ2n) is 7.36. The lowest BCUT2D eigenvalue weighted by Gasteiger charge is -2.18. The van der Waals surface area contributed by atoms with Crippen LogP contribution in [-0.4, -0.2) is 25.6 Å². The Morgan fingerprint density at radius 2 is 1.81 bits per heavy atom. The maximum atomic E-state index is 12.9. The van der Waals surface area contributed by atoms with Gasteiger partial charge in [0.05, 0.1) is 29.1 Å². The molecule has 1 atom stereocenters. The maximum absolute atomic E-state index is 12.9. The van der Waals surface area contributed by atoms with E-state index in [0.29, 0.717) is 16.8 Å². The second kappa shape index (κ2) is 8.59. The van der Waals surface area contributed by atoms with Gasteiger partial charge < -0.3 is 5.32 Å². The van der Waals surface area contributed by atoms with E-state index in [4.69, 9.17) is 11.6 Å². The summed E-state index contributed by atoms with van der Waals surface area (Å²) in [5.74, 6) is -0.536. The van der Waals surface area contributed by atoms with Gasteiger partial charge in [0.25, 0.3) is 5.91 Å². The Bertz CT molecular complexity index is 1310. The van der Waals surface area contributed by atoms with E-state index in [2.05, 4.69) is 15.0 Å². The molecule has 2 aromatic carbocycles. The van der Waals surface area contributed by atoms with Crippen LogP contribution in [0.5, 0.6) is 0 Å². The van der Waals surface area contributed by atoms with Crippen molar-refractivity contribution in [2.45, 2.75) is 26.1 Å². The highest BCUT2D eigenvalue weighted by Crippen LogP contribution is 2.32. The van der Waals surface area contributed by atoms with Crippen LogP contribution in [0.1, 0.15) is 40.1 Å². The summed E-state index contributed by atoms with van der Waals surface area (Å²) >= 11 is 6.29. The number of fused-ring (bicyclic) bond motifs is 1. The molecule has 2 N–H and O–H groups in total. The molecule has 11 heteroatoms. The molecule has 3 rings (SSSR count). The number of hydrogen-bond donors (Lipinski definition) is 2. The number of halogens is 4. The molecule has 0 bridgehead atoms. The number of amides is 1. The monoisotopic (exact) mass is 485 g/mol. The summed E-state index contributed by atoms with van der Waals surface area (Å²) in [6.07, 6.45) is -3.44. The average Bonchev–Trinajstić information content (AvgIpc) is 2.67. The average molecular weight is 486 g/mol. The highest BCUT2D eigenvalue weighted by atomic mass is 35.5. The summed E-state index contributed by atoms with van der Waals surface area (Å²) in [6, 6.07) is 8.42. The second-order valence-corrected chi connectivity index (χ2v) is 9.52. The van der Waals surface area contributed by atoms with Crippen molar-refractivity contribution in [2.24, 2.45) is 0 Å². The fourth-order valence-corrected chi connectivity index (χ4v) is 4.07. The number of aryl methyl sites for hydroxylation is 1. The first-order valence-corrected chi connectivity index (χ1v) is 11.6. The zero-order valence-corrected chi connectivity index (χ0v) is 18.8. The SMILES string of the molecule is Cc1cc(C(C)NC(=O)c2ccc3cc(C(F)(F)F)ccc3n2)c(Cl)cc1NS(C)(=O)=O. The number of pyridine rings is 1. The molecule has 170 valence electrons. The van der Waals surface area contributed by atoms with E-state index in [1.54, 1.807) is 19.9 Å². The molecule has 32 heavy (non-hydrogen) atoms. The van der Waals surface area contributed by atoms with Gasteiger partial charge in [-0.1, -0.05) is 23.7 Å². The van der Waals surface area contributed by atoms with Crippen molar-refractivity contribution >= 4 is 44.1 Å². The first-order valence-electron chi connectivity index (χ1n) is 9.31. The van der Waals surface area contributed by atoms with Crippen LogP contribution in [0.4, 0.5) is 18.9 Å². The number of carbonyl (C=O) groups excluding carboxylic acids is 1. The summed E-state index contributed by atoms with van der Waals surface area (Å²) in [7, 11) is -3.48. The lowest BCUT2D eigenvalue weighted by Crippen LogP contribution is -2.27. The lowest BCUT2D eigenvalue weighted by molar-refractivity contribution is -0.137. The number of carbonyl (C=O) groups is 1. The minimum absolute atomic E-state index is 0.0346. The molecule has 1 amide bonds. The van der Waals surface area contributed by atoms with E-state index in [9.17, 15) is 26.4 Å². The number of aromatic nitrogens is 1. The Morgan fingerprint density at radius 3 is 2.44 bits per heavy atom. The molecule has 0 saturated heterocycles. The Labute approximate surface area is 187 Å². The molecule has 0 aliphatic carbocycles. The van der Waals surface area contributed by atoms with E-state index < -0.39 is 33.7 Å². The van der Waals surface area contributed by atoms with Crippen molar-refractivity contribution in [3.63, 3.8) is 0 Å². The van der Waals surface area contributed by atoms with Crippen molar-refractivity contribution < 1.29 is 26.4 Å². The molecule has 0 spiro atoms. The van der Waals surface area contributed by atoms with Gasteiger partial charge in [-0.15, -0.1) is 0 Å². The number of alkyl halides is 3. The number of rotatable bonds is 5. The summed E-state index contributed by atoms with van der Waals surface area (Å²) in [5, 5.41) is 3.26. The highest BCUT2D eigenvalue weighted by Gasteiger charge is 2.30. The van der Waals surface area contributed by atoms with E-state index in [-0.39, 0.29) is 21.6 Å². The molecule has 1 aromatic heterocycles. The molecule has 1 unspecified atom stereocenters. The van der Waals surface area contributed by atoms with Crippen LogP contribution < -0.4 is 10.0 Å². The lowest BCUT2D eigenvalue weighted by atomic mass is 10.0. The molecule has 0 aliphatic rings. The standard InChI is InChI=1S/C21H19ClF3N3O3S/c1-11-8-15(16(22)10-19(11)28-32(3,30)31)12(2)26-20(29)18-6-4-13-9-14(21(23,24)25)5-7-17(13)27-18/h4-10,12,28H,1-3H3,(H,26,29). The van der Waals surface area contributed by atoms with Gasteiger partial charge in [-0.2, -0.15) is 13.2 Å². The van der Waals surface area contributed by atoms with Crippen molar-refractivity contribution in [3.05, 3.63) is 69.9 Å². The van der Waals surface area contributed by atoms with Crippen LogP contribution in [0.15, 0.2) is 42.5 Å². The highest BCUT2D eigenvalue weighted by molar-refractivity contribution is 7.92. The predicted molar refractivity (Wildman–Crippen MR) is 117 cm³/mol. The van der Waals surface area contributed by atoms with Gasteiger partial charge in [0.1, 0.15) is 5.69 Å². The Hall–Kier alpha value is -2.85. The minimum atomic E-state index is -4.47. The van der Waals surface area contributed by atoms with E-state index in [0.717, 1.165) is 18.4 Å². The maximum Gasteiger partial charge on any atom is 0.416 e. The van der Waals surface area contributed by atoms with Crippen LogP contribution >= 0.6 is 11.6 Å². The first-order chi connectivity index (χ1) is 14.7. The number of anilines is 1. The summed E-state index contributed by atoms with van der Waals surface area (Å²) in [4.78, 5) is 16.8. The Kier molecular flexibility index (Phi) is 6.39. The molecule has 0 saturated carbocycles. The topological polar surface area (TPSA) is 88.2 Å². The summed E-state index contributed by atoms with van der Waals surface area (Å²) in [5.41, 5.74) is 0.994. The predicted octanol–water partition coefficient (Wildman–Crippen LogP) is 5.08. The van der Waals surface area contributed by atoms with Gasteiger partial charge in [0.15, 0.2) is 0 Å². The van der Waals surface area contributed by atoms with E-state index in [1.165, 1.54) is 24.3 Å². The van der Waals surface area contributed by atoms with Gasteiger partial charge in [-0.3, -0.25) is 9.52 Å². The summed E-state index contributed by atoms with van der Waals surface area (Å²) in [6.45, 7) is 3.39. The number of nitrogens with zero attached hydrogens (tertiary/aromatic N) is 1. The summed E-state index contributed by atoms with van der Waals surface area (Å²) < 4.78 is 63.9. The third kappa shape index (κ3) is 5.49. The molecular weight excluding hydrogens is 467 g/mol. The largest absolute Gasteiger partial charge is 0.416 e. The number of sulfonamides is 1. The Balaban J connectivity index is 1.82. The van der Waals surface area contributed by atoms with Crippen molar-refractivity contribution in [3.8, 4) is 0 Å². The smallest absolute Gasteiger partial charge is 0.344 e. The van der Waals surface area contributed by atoms with Crippen LogP contribution in [-0.2, 0) is 16.2 Å². The fraction of sp³-hybridized carbons (Fsp3) is 0.238. The van der Waals surface area contributed by atoms with Gasteiger partial charge >= 0.3 is 6.18 Å². The molecule has 3 aromatic rings. The third-order valence-corrected chi connectivity index (χ3v) is 5.62. The van der Waals surface area contributed by atoms with Crippen LogP contribution in [0, 0.1) is 6.92 Å². The van der Waals surface area contributed by atoms with Crippen molar-refractivity contribution in [2.75, 3.05) is 11.0 Å². The quantitative estimate of drug-likeness (QED) is 0.527. The molecule has 0 aliphatic heterocycles. The van der Waals surface area contributed by atoms with Crippen molar-refractivity contribution in [1.29, 1.82) is 0 Å². The number of nitrogens with one attached hydrogen (secondary N) is 2. The van der Waals surface area contributed by atoms with Crippen LogP contribution in [0.3, 0.4) is 0 Å². The van der Waals surface area contributed by atoms with E-state index in [1.807, 2.05) is 0 Å². The van der Waals surface area contributed by atoms with Gasteiger partial charge in [0.2, 0.25) is 10.0 Å². The van der Waals surface area contributed by atoms with Crippen LogP contribution in [0.25, 0.3) is 10.9 Å². The number of benzene rings is 2. The van der Waals surface area contributed by atoms with Gasteiger partial charge in [0, 0.05) is 10.4 Å². The van der Waals surface area contributed by atoms with Gasteiger partial charge in [-0.05, 0) is 55.3 Å². The molecule has 6 nitrogen and oxygen atoms in total. The fourth-order valence-electron chi connectivity index (χ4n) is 3.12. The first kappa shape index (κ1) is 23.8. The zero-order chi connectivity index (χ0) is 23.8. The zero-order valence-electron chi connectivity index (χ0n) is 17.2.